The van der Waals surface area contributed by atoms with Crippen molar-refractivity contribution >= 4 is 11.8 Å². The molecule has 0 aromatic carbocycles. The van der Waals surface area contributed by atoms with Crippen LogP contribution in [-0.2, 0) is 22.6 Å². The zero-order valence-corrected chi connectivity index (χ0v) is 14.4. The highest BCUT2D eigenvalue weighted by Crippen LogP contribution is 2.37. The molecule has 0 radical (unpaired) electrons. The minimum Gasteiger partial charge on any atom is -0.369 e. The predicted octanol–water partition coefficient (Wildman–Crippen LogP) is 1.57. The first-order chi connectivity index (χ1) is 11.6. The van der Waals surface area contributed by atoms with Gasteiger partial charge in [0.15, 0.2) is 5.82 Å². The summed E-state index contributed by atoms with van der Waals surface area (Å²) in [5.41, 5.74) is 5.29. The Hall–Kier alpha value is -1.92. The van der Waals surface area contributed by atoms with Crippen LogP contribution >= 0.6 is 0 Å². The summed E-state index contributed by atoms with van der Waals surface area (Å²) < 4.78 is 1.89. The fourth-order valence-corrected chi connectivity index (χ4v) is 3.38. The summed E-state index contributed by atoms with van der Waals surface area (Å²) in [7, 11) is 0. The maximum atomic E-state index is 12.6. The van der Waals surface area contributed by atoms with E-state index in [2.05, 4.69) is 17.0 Å². The van der Waals surface area contributed by atoms with Crippen molar-refractivity contribution in [1.82, 2.24) is 19.7 Å². The number of nitrogens with two attached hydrogens (primary N) is 1. The maximum Gasteiger partial charge on any atom is 0.226 e. The molecule has 3 rings (SSSR count). The molecule has 24 heavy (non-hydrogen) atoms. The first-order valence-corrected chi connectivity index (χ1v) is 9.12. The standard InChI is InChI=1S/C17H27N5O2/c1-2-3-10-22-16(19-15(20-22)11-14(18)23)13-6-4-5-9-21(13)17(24)12-7-8-12/h12-13H,2-11H2,1H3,(H2,18,23). The van der Waals surface area contributed by atoms with Crippen LogP contribution in [0.3, 0.4) is 0 Å². The summed E-state index contributed by atoms with van der Waals surface area (Å²) in [6, 6.07) is -0.0159. The smallest absolute Gasteiger partial charge is 0.226 e. The Morgan fingerprint density at radius 1 is 1.25 bits per heavy atom. The lowest BCUT2D eigenvalue weighted by atomic mass is 10.0. The van der Waals surface area contributed by atoms with E-state index in [4.69, 9.17) is 5.73 Å². The van der Waals surface area contributed by atoms with Crippen molar-refractivity contribution in [2.75, 3.05) is 6.54 Å². The number of aryl methyl sites for hydroxylation is 1. The van der Waals surface area contributed by atoms with Gasteiger partial charge < -0.3 is 10.6 Å². The highest BCUT2D eigenvalue weighted by Gasteiger charge is 2.39. The van der Waals surface area contributed by atoms with E-state index >= 15 is 0 Å². The second-order valence-corrected chi connectivity index (χ2v) is 6.92. The highest BCUT2D eigenvalue weighted by molar-refractivity contribution is 5.81. The third-order valence-electron chi connectivity index (χ3n) is 4.81. The predicted molar refractivity (Wildman–Crippen MR) is 88.9 cm³/mol. The fourth-order valence-electron chi connectivity index (χ4n) is 3.38. The number of hydrogen-bond acceptors (Lipinski definition) is 4. The van der Waals surface area contributed by atoms with E-state index in [9.17, 15) is 9.59 Å². The summed E-state index contributed by atoms with van der Waals surface area (Å²) in [6.07, 6.45) is 7.18. The molecule has 7 nitrogen and oxygen atoms in total. The molecule has 1 atom stereocenters. The summed E-state index contributed by atoms with van der Waals surface area (Å²) >= 11 is 0. The third-order valence-corrected chi connectivity index (χ3v) is 4.81. The lowest BCUT2D eigenvalue weighted by molar-refractivity contribution is -0.136. The van der Waals surface area contributed by atoms with Crippen LogP contribution in [0.2, 0.25) is 0 Å². The topological polar surface area (TPSA) is 94.1 Å². The van der Waals surface area contributed by atoms with E-state index in [0.29, 0.717) is 5.82 Å². The van der Waals surface area contributed by atoms with Gasteiger partial charge in [0.1, 0.15) is 5.82 Å². The van der Waals surface area contributed by atoms with Gasteiger partial charge >= 0.3 is 0 Å². The molecule has 1 aliphatic heterocycles. The molecule has 1 aromatic heterocycles. The van der Waals surface area contributed by atoms with E-state index in [1.165, 1.54) is 0 Å². The van der Waals surface area contributed by atoms with Crippen LogP contribution in [0.4, 0.5) is 0 Å². The van der Waals surface area contributed by atoms with Crippen LogP contribution in [-0.4, -0.2) is 38.0 Å². The van der Waals surface area contributed by atoms with Crippen molar-refractivity contribution in [2.45, 2.75) is 70.9 Å². The Kier molecular flexibility index (Phi) is 5.16. The monoisotopic (exact) mass is 333 g/mol. The molecule has 2 heterocycles. The summed E-state index contributed by atoms with van der Waals surface area (Å²) in [5, 5.41) is 4.48. The van der Waals surface area contributed by atoms with Crippen LogP contribution in [0.1, 0.15) is 69.6 Å². The zero-order valence-electron chi connectivity index (χ0n) is 14.4. The van der Waals surface area contributed by atoms with Gasteiger partial charge in [-0.05, 0) is 38.5 Å². The van der Waals surface area contributed by atoms with Gasteiger partial charge in [-0.3, -0.25) is 9.59 Å². The minimum atomic E-state index is -0.427. The Balaban J connectivity index is 1.86. The second-order valence-electron chi connectivity index (χ2n) is 6.92. The molecule has 1 saturated carbocycles. The van der Waals surface area contributed by atoms with Gasteiger partial charge in [0.25, 0.3) is 0 Å². The van der Waals surface area contributed by atoms with E-state index in [1.54, 1.807) is 0 Å². The summed E-state index contributed by atoms with van der Waals surface area (Å²) in [6.45, 7) is 3.69. The van der Waals surface area contributed by atoms with Gasteiger partial charge in [-0.2, -0.15) is 5.10 Å². The number of aromatic nitrogens is 3. The van der Waals surface area contributed by atoms with Crippen LogP contribution in [0.5, 0.6) is 0 Å². The Morgan fingerprint density at radius 3 is 2.71 bits per heavy atom. The number of rotatable bonds is 7. The highest BCUT2D eigenvalue weighted by atomic mass is 16.2. The average Bonchev–Trinajstić information content (AvgIpc) is 3.34. The van der Waals surface area contributed by atoms with Gasteiger partial charge in [-0.15, -0.1) is 0 Å². The largest absolute Gasteiger partial charge is 0.369 e. The average molecular weight is 333 g/mol. The van der Waals surface area contributed by atoms with Crippen molar-refractivity contribution in [3.05, 3.63) is 11.6 Å². The maximum absolute atomic E-state index is 12.6. The molecule has 2 N–H and O–H groups in total. The number of likely N-dealkylation sites (tertiary alicyclic amines) is 1. The number of carbonyl (C=O) groups excluding carboxylic acids is 2. The zero-order chi connectivity index (χ0) is 17.1. The quantitative estimate of drug-likeness (QED) is 0.819. The number of unbranched alkanes of at least 4 members (excludes halogenated alkanes) is 1. The number of amides is 2. The normalized spacial score (nSPS) is 21.0. The molecule has 7 heteroatoms. The number of nitrogens with zero attached hydrogens (tertiary/aromatic N) is 4. The fraction of sp³-hybridized carbons (Fsp3) is 0.765. The minimum absolute atomic E-state index is 0.0159. The first-order valence-electron chi connectivity index (χ1n) is 9.12. The van der Waals surface area contributed by atoms with Crippen molar-refractivity contribution in [1.29, 1.82) is 0 Å². The SMILES string of the molecule is CCCCn1nc(CC(N)=O)nc1C1CCCCN1C(=O)C1CC1. The van der Waals surface area contributed by atoms with Gasteiger partial charge in [-0.1, -0.05) is 13.3 Å². The van der Waals surface area contributed by atoms with Crippen LogP contribution < -0.4 is 5.73 Å². The number of piperidine rings is 1. The van der Waals surface area contributed by atoms with Crippen LogP contribution in [0.15, 0.2) is 0 Å². The molecule has 2 fully saturated rings. The van der Waals surface area contributed by atoms with E-state index < -0.39 is 5.91 Å². The number of hydrogen-bond donors (Lipinski definition) is 1. The van der Waals surface area contributed by atoms with Crippen LogP contribution in [0, 0.1) is 5.92 Å². The molecular weight excluding hydrogens is 306 g/mol. The Morgan fingerprint density at radius 2 is 2.04 bits per heavy atom. The van der Waals surface area contributed by atoms with Gasteiger partial charge in [0.2, 0.25) is 11.8 Å². The molecule has 1 aromatic rings. The number of carbonyl (C=O) groups is 2. The molecule has 1 aliphatic carbocycles. The van der Waals surface area contributed by atoms with Gasteiger partial charge in [0.05, 0.1) is 12.5 Å². The van der Waals surface area contributed by atoms with Gasteiger partial charge in [-0.25, -0.2) is 9.67 Å². The summed E-state index contributed by atoms with van der Waals surface area (Å²) in [5.74, 6) is 1.35. The lowest BCUT2D eigenvalue weighted by Gasteiger charge is -2.35. The Bertz CT molecular complexity index is 608. The van der Waals surface area contributed by atoms with Crippen molar-refractivity contribution in [3.8, 4) is 0 Å². The summed E-state index contributed by atoms with van der Waals surface area (Å²) in [4.78, 5) is 30.5. The van der Waals surface area contributed by atoms with Gasteiger partial charge in [0, 0.05) is 19.0 Å². The molecule has 1 saturated heterocycles. The first kappa shape index (κ1) is 16.9. The molecule has 132 valence electrons. The molecule has 0 bridgehead atoms. The second kappa shape index (κ2) is 7.32. The van der Waals surface area contributed by atoms with Crippen LogP contribution in [0.25, 0.3) is 0 Å². The number of primary amides is 1. The van der Waals surface area contributed by atoms with E-state index in [-0.39, 0.29) is 24.3 Å². The Labute approximate surface area is 142 Å². The van der Waals surface area contributed by atoms with E-state index in [1.807, 2.05) is 9.58 Å². The van der Waals surface area contributed by atoms with Crippen molar-refractivity contribution in [2.24, 2.45) is 11.7 Å². The molecule has 2 amide bonds. The van der Waals surface area contributed by atoms with Crippen molar-refractivity contribution in [3.63, 3.8) is 0 Å². The molecule has 0 spiro atoms. The third kappa shape index (κ3) is 3.76. The molecule has 2 aliphatic rings. The molecular formula is C17H27N5O2. The van der Waals surface area contributed by atoms with E-state index in [0.717, 1.165) is 63.9 Å². The van der Waals surface area contributed by atoms with Crippen molar-refractivity contribution < 1.29 is 9.59 Å². The molecule has 1 unspecified atom stereocenters. The lowest BCUT2D eigenvalue weighted by Crippen LogP contribution is -2.40.